The van der Waals surface area contributed by atoms with Crippen LogP contribution in [0.15, 0.2) is 48.0 Å². The summed E-state index contributed by atoms with van der Waals surface area (Å²) in [6.45, 7) is 3.26. The molecule has 0 spiro atoms. The number of aliphatic imine (C=N–C) groups is 1. The van der Waals surface area contributed by atoms with Crippen LogP contribution in [0.25, 0.3) is 0 Å². The molecule has 1 aromatic heterocycles. The molecule has 25 heavy (non-hydrogen) atoms. The summed E-state index contributed by atoms with van der Waals surface area (Å²) in [5.41, 5.74) is 2.49. The van der Waals surface area contributed by atoms with E-state index >= 15 is 0 Å². The summed E-state index contributed by atoms with van der Waals surface area (Å²) in [4.78, 5) is 8.35. The van der Waals surface area contributed by atoms with Gasteiger partial charge in [0.2, 0.25) is 0 Å². The van der Waals surface area contributed by atoms with Crippen LogP contribution in [-0.4, -0.2) is 41.8 Å². The number of ether oxygens (including phenoxy) is 1. The number of aromatic nitrogens is 2. The predicted molar refractivity (Wildman–Crippen MR) is 110 cm³/mol. The maximum absolute atomic E-state index is 5.62. The van der Waals surface area contributed by atoms with Gasteiger partial charge in [-0.05, 0) is 24.0 Å². The van der Waals surface area contributed by atoms with Gasteiger partial charge in [-0.25, -0.2) is 4.98 Å². The molecule has 0 saturated carbocycles. The lowest BCUT2D eigenvalue weighted by molar-refractivity contribution is 0.114. The highest BCUT2D eigenvalue weighted by molar-refractivity contribution is 14.0. The number of guanidine groups is 1. The zero-order valence-electron chi connectivity index (χ0n) is 14.5. The highest BCUT2D eigenvalue weighted by Crippen LogP contribution is 2.10. The first kappa shape index (κ1) is 19.7. The number of hydrogen-bond donors (Lipinski definition) is 2. The Morgan fingerprint density at radius 1 is 1.36 bits per heavy atom. The van der Waals surface area contributed by atoms with Gasteiger partial charge in [0.1, 0.15) is 0 Å². The predicted octanol–water partition coefficient (Wildman–Crippen LogP) is 2.39. The van der Waals surface area contributed by atoms with Crippen molar-refractivity contribution in [3.8, 4) is 0 Å². The number of hydrogen-bond acceptors (Lipinski definition) is 3. The molecule has 1 aliphatic heterocycles. The average Bonchev–Trinajstić information content (AvgIpc) is 3.29. The molecule has 0 bridgehead atoms. The molecule has 1 aliphatic rings. The average molecular weight is 455 g/mol. The van der Waals surface area contributed by atoms with Gasteiger partial charge < -0.3 is 19.9 Å². The number of imidazole rings is 1. The SMILES string of the molecule is CN=C(NCc1cccc(Cn2ccnc2)c1)NCC1CCCO1.I. The molecule has 6 nitrogen and oxygen atoms in total. The van der Waals surface area contributed by atoms with Gasteiger partial charge in [-0.1, -0.05) is 24.3 Å². The molecule has 1 saturated heterocycles. The minimum absolute atomic E-state index is 0. The Bertz CT molecular complexity index is 653. The van der Waals surface area contributed by atoms with Crippen LogP contribution in [0, 0.1) is 0 Å². The Hall–Kier alpha value is -1.61. The number of rotatable bonds is 6. The summed E-state index contributed by atoms with van der Waals surface area (Å²) in [7, 11) is 1.79. The summed E-state index contributed by atoms with van der Waals surface area (Å²) in [6.07, 6.45) is 8.20. The van der Waals surface area contributed by atoms with E-state index in [0.29, 0.717) is 6.10 Å². The van der Waals surface area contributed by atoms with E-state index in [1.54, 1.807) is 13.2 Å². The summed E-state index contributed by atoms with van der Waals surface area (Å²) < 4.78 is 7.69. The Morgan fingerprint density at radius 2 is 2.24 bits per heavy atom. The maximum atomic E-state index is 5.62. The lowest BCUT2D eigenvalue weighted by Gasteiger charge is -2.15. The summed E-state index contributed by atoms with van der Waals surface area (Å²) >= 11 is 0. The molecule has 1 unspecified atom stereocenters. The van der Waals surface area contributed by atoms with E-state index in [4.69, 9.17) is 4.74 Å². The maximum Gasteiger partial charge on any atom is 0.191 e. The van der Waals surface area contributed by atoms with Crippen LogP contribution in [0.4, 0.5) is 0 Å². The lowest BCUT2D eigenvalue weighted by atomic mass is 10.1. The highest BCUT2D eigenvalue weighted by Gasteiger charge is 2.15. The van der Waals surface area contributed by atoms with Crippen LogP contribution in [-0.2, 0) is 17.8 Å². The van der Waals surface area contributed by atoms with E-state index in [2.05, 4.69) is 49.4 Å². The number of halogens is 1. The van der Waals surface area contributed by atoms with Crippen molar-refractivity contribution in [3.63, 3.8) is 0 Å². The number of nitrogens with zero attached hydrogens (tertiary/aromatic N) is 3. The minimum atomic E-state index is 0. The van der Waals surface area contributed by atoms with E-state index < -0.39 is 0 Å². The van der Waals surface area contributed by atoms with Crippen molar-refractivity contribution in [2.45, 2.75) is 32.0 Å². The standard InChI is InChI=1S/C18H25N5O.HI/c1-19-18(22-12-17-6-3-9-24-17)21-11-15-4-2-5-16(10-15)13-23-8-7-20-14-23;/h2,4-5,7-8,10,14,17H,3,6,9,11-13H2,1H3,(H2,19,21,22);1H. The highest BCUT2D eigenvalue weighted by atomic mass is 127. The van der Waals surface area contributed by atoms with Gasteiger partial charge in [-0.2, -0.15) is 0 Å². The molecule has 0 aliphatic carbocycles. The van der Waals surface area contributed by atoms with Gasteiger partial charge in [0.15, 0.2) is 5.96 Å². The summed E-state index contributed by atoms with van der Waals surface area (Å²) in [5.74, 6) is 0.811. The third-order valence-electron chi connectivity index (χ3n) is 4.12. The van der Waals surface area contributed by atoms with Gasteiger partial charge in [-0.3, -0.25) is 4.99 Å². The van der Waals surface area contributed by atoms with Crippen molar-refractivity contribution in [3.05, 3.63) is 54.1 Å². The molecule has 2 N–H and O–H groups in total. The van der Waals surface area contributed by atoms with Crippen molar-refractivity contribution >= 4 is 29.9 Å². The van der Waals surface area contributed by atoms with E-state index in [1.165, 1.54) is 11.1 Å². The zero-order chi connectivity index (χ0) is 16.6. The first-order valence-electron chi connectivity index (χ1n) is 8.43. The van der Waals surface area contributed by atoms with Crippen LogP contribution < -0.4 is 10.6 Å². The second-order valence-corrected chi connectivity index (χ2v) is 6.00. The fourth-order valence-electron chi connectivity index (χ4n) is 2.85. The van der Waals surface area contributed by atoms with Crippen molar-refractivity contribution in [1.82, 2.24) is 20.2 Å². The molecular weight excluding hydrogens is 429 g/mol. The minimum Gasteiger partial charge on any atom is -0.376 e. The first-order valence-corrected chi connectivity index (χ1v) is 8.43. The zero-order valence-corrected chi connectivity index (χ0v) is 16.8. The summed E-state index contributed by atoms with van der Waals surface area (Å²) in [5, 5.41) is 6.69. The smallest absolute Gasteiger partial charge is 0.191 e. The van der Waals surface area contributed by atoms with Crippen LogP contribution in [0.3, 0.4) is 0 Å². The molecular formula is C18H26IN5O. The van der Waals surface area contributed by atoms with Crippen molar-refractivity contribution < 1.29 is 4.74 Å². The van der Waals surface area contributed by atoms with E-state index in [1.807, 2.05) is 12.5 Å². The molecule has 136 valence electrons. The Kier molecular flexibility index (Phi) is 8.20. The molecule has 2 heterocycles. The fourth-order valence-corrected chi connectivity index (χ4v) is 2.85. The lowest BCUT2D eigenvalue weighted by Crippen LogP contribution is -2.40. The van der Waals surface area contributed by atoms with Crippen molar-refractivity contribution in [2.75, 3.05) is 20.2 Å². The molecule has 1 atom stereocenters. The normalized spacial score (nSPS) is 17.2. The van der Waals surface area contributed by atoms with Gasteiger partial charge in [0.25, 0.3) is 0 Å². The molecule has 1 fully saturated rings. The largest absolute Gasteiger partial charge is 0.376 e. The van der Waals surface area contributed by atoms with E-state index in [0.717, 1.165) is 45.0 Å². The second-order valence-electron chi connectivity index (χ2n) is 6.00. The van der Waals surface area contributed by atoms with Crippen LogP contribution in [0.1, 0.15) is 24.0 Å². The Morgan fingerprint density at radius 3 is 2.96 bits per heavy atom. The van der Waals surface area contributed by atoms with Gasteiger partial charge in [0.05, 0.1) is 12.4 Å². The third-order valence-corrected chi connectivity index (χ3v) is 4.12. The van der Waals surface area contributed by atoms with Crippen LogP contribution in [0.5, 0.6) is 0 Å². The molecule has 3 rings (SSSR count). The number of benzene rings is 1. The van der Waals surface area contributed by atoms with Crippen LogP contribution >= 0.6 is 24.0 Å². The third kappa shape index (κ3) is 6.32. The first-order chi connectivity index (χ1) is 11.8. The van der Waals surface area contributed by atoms with Crippen molar-refractivity contribution in [2.24, 2.45) is 4.99 Å². The number of nitrogens with one attached hydrogen (secondary N) is 2. The Balaban J connectivity index is 0.00000225. The van der Waals surface area contributed by atoms with Gasteiger partial charge >= 0.3 is 0 Å². The van der Waals surface area contributed by atoms with Crippen LogP contribution in [0.2, 0.25) is 0 Å². The quantitative estimate of drug-likeness (QED) is 0.399. The van der Waals surface area contributed by atoms with E-state index in [9.17, 15) is 0 Å². The topological polar surface area (TPSA) is 63.5 Å². The Labute approximate surface area is 166 Å². The molecule has 2 aromatic rings. The fraction of sp³-hybridized carbons (Fsp3) is 0.444. The van der Waals surface area contributed by atoms with Crippen molar-refractivity contribution in [1.29, 1.82) is 0 Å². The monoisotopic (exact) mass is 455 g/mol. The second kappa shape index (κ2) is 10.4. The summed E-state index contributed by atoms with van der Waals surface area (Å²) in [6, 6.07) is 8.55. The van der Waals surface area contributed by atoms with Gasteiger partial charge in [0, 0.05) is 45.7 Å². The van der Waals surface area contributed by atoms with E-state index in [-0.39, 0.29) is 24.0 Å². The van der Waals surface area contributed by atoms with Gasteiger partial charge in [-0.15, -0.1) is 24.0 Å². The molecule has 1 aromatic carbocycles. The molecule has 7 heteroatoms. The molecule has 0 radical (unpaired) electrons. The molecule has 0 amide bonds.